The van der Waals surface area contributed by atoms with Crippen molar-refractivity contribution in [3.63, 3.8) is 0 Å². The van der Waals surface area contributed by atoms with Crippen molar-refractivity contribution in [2.24, 2.45) is 4.99 Å². The van der Waals surface area contributed by atoms with Gasteiger partial charge in [-0.15, -0.1) is 0 Å². The van der Waals surface area contributed by atoms with Gasteiger partial charge in [-0.05, 0) is 18.2 Å². The molecule has 1 aromatic rings. The summed E-state index contributed by atoms with van der Waals surface area (Å²) in [6, 6.07) is 4.77. The lowest BCUT2D eigenvalue weighted by Gasteiger charge is -2.09. The molecule has 1 N–H and O–H groups in total. The number of amidine groups is 1. The van der Waals surface area contributed by atoms with Crippen LogP contribution >= 0.6 is 35.0 Å². The molecule has 1 aromatic carbocycles. The van der Waals surface area contributed by atoms with Gasteiger partial charge in [-0.1, -0.05) is 35.0 Å². The van der Waals surface area contributed by atoms with Crippen molar-refractivity contribution in [1.29, 1.82) is 0 Å². The Morgan fingerprint density at radius 2 is 2.00 bits per heavy atom. The number of thioether (sulfide) groups is 1. The Kier molecular flexibility index (Phi) is 5.13. The average Bonchev–Trinajstić information content (AvgIpc) is 2.65. The first-order valence-corrected chi connectivity index (χ1v) is 7.71. The largest absolute Gasteiger partial charge is 0.326 e. The van der Waals surface area contributed by atoms with E-state index in [4.69, 9.17) is 23.2 Å². The van der Waals surface area contributed by atoms with E-state index in [0.29, 0.717) is 20.9 Å². The maximum atomic E-state index is 12.0. The van der Waals surface area contributed by atoms with Crippen molar-refractivity contribution in [3.05, 3.63) is 28.2 Å². The minimum absolute atomic E-state index is 0.0665. The monoisotopic (exact) mass is 345 g/mol. The maximum Gasteiger partial charge on any atom is 0.242 e. The molecule has 2 rings (SSSR count). The second-order valence-corrected chi connectivity index (χ2v) is 6.46. The van der Waals surface area contributed by atoms with E-state index in [-0.39, 0.29) is 18.2 Å². The van der Waals surface area contributed by atoms with E-state index >= 15 is 0 Å². The van der Waals surface area contributed by atoms with E-state index in [1.165, 1.54) is 16.7 Å². The minimum atomic E-state index is -0.455. The summed E-state index contributed by atoms with van der Waals surface area (Å²) in [4.78, 5) is 29.4. The molecular weight excluding hydrogens is 333 g/mol. The van der Waals surface area contributed by atoms with Gasteiger partial charge in [-0.2, -0.15) is 0 Å². The normalized spacial score (nSPS) is 20.2. The smallest absolute Gasteiger partial charge is 0.242 e. The van der Waals surface area contributed by atoms with Gasteiger partial charge in [0.05, 0.1) is 0 Å². The highest BCUT2D eigenvalue weighted by atomic mass is 35.5. The number of carbonyl (C=O) groups is 2. The Hall–Kier alpha value is -1.24. The van der Waals surface area contributed by atoms with Crippen LogP contribution in [-0.4, -0.2) is 41.2 Å². The minimum Gasteiger partial charge on any atom is -0.326 e. The number of benzene rings is 1. The first kappa shape index (κ1) is 16.1. The van der Waals surface area contributed by atoms with Gasteiger partial charge < -0.3 is 5.32 Å². The average molecular weight is 346 g/mol. The van der Waals surface area contributed by atoms with Gasteiger partial charge in [-0.3, -0.25) is 19.5 Å². The summed E-state index contributed by atoms with van der Waals surface area (Å²) >= 11 is 13.0. The van der Waals surface area contributed by atoms with Gasteiger partial charge in [0.15, 0.2) is 5.17 Å². The maximum absolute atomic E-state index is 12.0. The van der Waals surface area contributed by atoms with E-state index in [2.05, 4.69) is 10.3 Å². The van der Waals surface area contributed by atoms with E-state index in [9.17, 15) is 9.59 Å². The lowest BCUT2D eigenvalue weighted by Crippen LogP contribution is -2.30. The number of halogens is 2. The molecule has 0 saturated carbocycles. The van der Waals surface area contributed by atoms with Crippen LogP contribution in [0.3, 0.4) is 0 Å². The fraction of sp³-hybridized carbons (Fsp3) is 0.308. The molecule has 1 fully saturated rings. The SMILES string of the molecule is CN=C1S[C@H](CC(=O)Nc2cc(Cl)cc(Cl)c2)C(=O)N1C. The van der Waals surface area contributed by atoms with Crippen molar-refractivity contribution < 1.29 is 9.59 Å². The molecule has 5 nitrogen and oxygen atoms in total. The Morgan fingerprint density at radius 3 is 2.52 bits per heavy atom. The fourth-order valence-electron chi connectivity index (χ4n) is 1.91. The molecule has 0 radical (unpaired) electrons. The van der Waals surface area contributed by atoms with Gasteiger partial charge in [0.2, 0.25) is 11.8 Å². The molecule has 8 heteroatoms. The van der Waals surface area contributed by atoms with Gasteiger partial charge in [0, 0.05) is 36.2 Å². The fourth-order valence-corrected chi connectivity index (χ4v) is 3.53. The number of rotatable bonds is 3. The van der Waals surface area contributed by atoms with Crippen LogP contribution in [0, 0.1) is 0 Å². The second kappa shape index (κ2) is 6.68. The van der Waals surface area contributed by atoms with Crippen LogP contribution < -0.4 is 5.32 Å². The van der Waals surface area contributed by atoms with Crippen molar-refractivity contribution >= 4 is 57.6 Å². The molecular formula is C13H13Cl2N3O2S. The molecule has 1 aliphatic rings. The van der Waals surface area contributed by atoms with Crippen LogP contribution in [0.5, 0.6) is 0 Å². The molecule has 2 amide bonds. The van der Waals surface area contributed by atoms with Crippen LogP contribution in [-0.2, 0) is 9.59 Å². The summed E-state index contributed by atoms with van der Waals surface area (Å²) in [6.45, 7) is 0. The summed E-state index contributed by atoms with van der Waals surface area (Å²) in [5.41, 5.74) is 0.505. The van der Waals surface area contributed by atoms with Crippen LogP contribution in [0.25, 0.3) is 0 Å². The predicted octanol–water partition coefficient (Wildman–Crippen LogP) is 2.88. The summed E-state index contributed by atoms with van der Waals surface area (Å²) < 4.78 is 0. The summed E-state index contributed by atoms with van der Waals surface area (Å²) in [7, 11) is 3.26. The highest BCUT2D eigenvalue weighted by molar-refractivity contribution is 8.15. The van der Waals surface area contributed by atoms with Gasteiger partial charge in [0.25, 0.3) is 0 Å². The van der Waals surface area contributed by atoms with E-state index < -0.39 is 5.25 Å². The third-order valence-corrected chi connectivity index (χ3v) is 4.61. The Labute approximate surface area is 136 Å². The number of amides is 2. The Morgan fingerprint density at radius 1 is 1.38 bits per heavy atom. The van der Waals surface area contributed by atoms with Crippen molar-refractivity contribution in [1.82, 2.24) is 4.90 Å². The summed E-state index contributed by atoms with van der Waals surface area (Å²) in [5, 5.41) is 3.72. The Balaban J connectivity index is 2.01. The third kappa shape index (κ3) is 3.90. The molecule has 0 spiro atoms. The topological polar surface area (TPSA) is 61.8 Å². The number of hydrogen-bond donors (Lipinski definition) is 1. The third-order valence-electron chi connectivity index (χ3n) is 2.85. The lowest BCUT2D eigenvalue weighted by atomic mass is 10.2. The quantitative estimate of drug-likeness (QED) is 0.915. The second-order valence-electron chi connectivity index (χ2n) is 4.42. The zero-order chi connectivity index (χ0) is 15.6. The van der Waals surface area contributed by atoms with Crippen molar-refractivity contribution in [3.8, 4) is 0 Å². The van der Waals surface area contributed by atoms with Gasteiger partial charge >= 0.3 is 0 Å². The zero-order valence-electron chi connectivity index (χ0n) is 11.4. The van der Waals surface area contributed by atoms with Crippen molar-refractivity contribution in [2.45, 2.75) is 11.7 Å². The number of carbonyl (C=O) groups excluding carboxylic acids is 2. The van der Waals surface area contributed by atoms with E-state index in [0.717, 1.165) is 0 Å². The number of nitrogens with one attached hydrogen (secondary N) is 1. The molecule has 1 aliphatic heterocycles. The molecule has 1 saturated heterocycles. The van der Waals surface area contributed by atoms with Crippen LogP contribution in [0.15, 0.2) is 23.2 Å². The highest BCUT2D eigenvalue weighted by Crippen LogP contribution is 2.29. The molecule has 1 atom stereocenters. The van der Waals surface area contributed by atoms with Gasteiger partial charge in [0.1, 0.15) is 5.25 Å². The standard InChI is InChI=1S/C13H13Cl2N3O2S/c1-16-13-18(2)12(20)10(21-13)6-11(19)17-9-4-7(14)3-8(15)5-9/h3-5,10H,6H2,1-2H3,(H,17,19)/t10-/m1/s1. The first-order chi connectivity index (χ1) is 9.90. The van der Waals surface area contributed by atoms with Crippen LogP contribution in [0.1, 0.15) is 6.42 Å². The molecule has 1 heterocycles. The molecule has 21 heavy (non-hydrogen) atoms. The van der Waals surface area contributed by atoms with Gasteiger partial charge in [-0.25, -0.2) is 0 Å². The number of aliphatic imine (C=N–C) groups is 1. The molecule has 0 unspecified atom stereocenters. The molecule has 0 aliphatic carbocycles. The number of anilines is 1. The van der Waals surface area contributed by atoms with E-state index in [1.807, 2.05) is 0 Å². The van der Waals surface area contributed by atoms with Crippen LogP contribution in [0.2, 0.25) is 10.0 Å². The predicted molar refractivity (Wildman–Crippen MR) is 87.2 cm³/mol. The van der Waals surface area contributed by atoms with Crippen LogP contribution in [0.4, 0.5) is 5.69 Å². The van der Waals surface area contributed by atoms with Crippen molar-refractivity contribution in [2.75, 3.05) is 19.4 Å². The summed E-state index contributed by atoms with van der Waals surface area (Å²) in [5.74, 6) is -0.398. The summed E-state index contributed by atoms with van der Waals surface area (Å²) in [6.07, 6.45) is 0.0665. The lowest BCUT2D eigenvalue weighted by molar-refractivity contribution is -0.127. The number of nitrogens with zero attached hydrogens (tertiary/aromatic N) is 2. The molecule has 112 valence electrons. The number of hydrogen-bond acceptors (Lipinski definition) is 4. The zero-order valence-corrected chi connectivity index (χ0v) is 13.7. The molecule has 0 bridgehead atoms. The molecule has 0 aromatic heterocycles. The van der Waals surface area contributed by atoms with E-state index in [1.54, 1.807) is 32.3 Å². The Bertz CT molecular complexity index is 601. The highest BCUT2D eigenvalue weighted by Gasteiger charge is 2.36. The first-order valence-electron chi connectivity index (χ1n) is 6.07.